The Kier molecular flexibility index (Phi) is 7.18. The van der Waals surface area contributed by atoms with E-state index < -0.39 is 0 Å². The summed E-state index contributed by atoms with van der Waals surface area (Å²) in [5.74, 6) is 1.46. The van der Waals surface area contributed by atoms with Crippen LogP contribution in [0.3, 0.4) is 0 Å². The van der Waals surface area contributed by atoms with Gasteiger partial charge < -0.3 is 10.2 Å². The number of hydrazine groups is 1. The lowest BCUT2D eigenvalue weighted by atomic mass is 9.78. The van der Waals surface area contributed by atoms with Crippen LogP contribution in [-0.4, -0.2) is 35.3 Å². The number of para-hydroxylation sites is 1. The summed E-state index contributed by atoms with van der Waals surface area (Å²) >= 11 is 6.86. The van der Waals surface area contributed by atoms with E-state index >= 15 is 0 Å². The summed E-state index contributed by atoms with van der Waals surface area (Å²) in [6.45, 7) is 4.87. The molecule has 0 unspecified atom stereocenters. The first-order valence-electron chi connectivity index (χ1n) is 9.83. The monoisotopic (exact) mass is 420 g/mol. The van der Waals surface area contributed by atoms with Crippen molar-refractivity contribution >= 4 is 46.6 Å². The highest BCUT2D eigenvalue weighted by Gasteiger charge is 2.27. The van der Waals surface area contributed by atoms with E-state index in [0.29, 0.717) is 35.3 Å². The molecule has 3 atom stereocenters. The van der Waals surface area contributed by atoms with Crippen LogP contribution in [0.15, 0.2) is 29.2 Å². The number of fused-ring (bicyclic) bond motifs is 1. The van der Waals surface area contributed by atoms with Crippen LogP contribution in [0, 0.1) is 11.8 Å². The van der Waals surface area contributed by atoms with Gasteiger partial charge in [-0.25, -0.2) is 0 Å². The molecule has 152 valence electrons. The van der Waals surface area contributed by atoms with Crippen LogP contribution in [0.5, 0.6) is 0 Å². The molecule has 1 saturated carbocycles. The van der Waals surface area contributed by atoms with Gasteiger partial charge in [0, 0.05) is 23.9 Å². The van der Waals surface area contributed by atoms with Gasteiger partial charge in [0.2, 0.25) is 11.8 Å². The number of rotatable bonds is 4. The Morgan fingerprint density at radius 3 is 2.86 bits per heavy atom. The van der Waals surface area contributed by atoms with Gasteiger partial charge in [-0.2, -0.15) is 0 Å². The molecule has 3 rings (SSSR count). The fraction of sp³-hybridized carbons (Fsp3) is 0.550. The Labute approximate surface area is 176 Å². The van der Waals surface area contributed by atoms with Crippen molar-refractivity contribution in [1.29, 1.82) is 0 Å². The number of thiocarbonyl (C=S) groups is 1. The van der Waals surface area contributed by atoms with Crippen molar-refractivity contribution in [2.24, 2.45) is 11.8 Å². The van der Waals surface area contributed by atoms with E-state index in [9.17, 15) is 9.59 Å². The standard InChI is InChI=1S/C20H28N4O2S2/c1-13-6-5-7-15(14(13)2)21-20(27)23-22-18(25)10-11-24-16-8-3-4-9-17(16)28-12-19(24)26/h3-4,8-9,13-15H,5-7,10-12H2,1-2H3,(H,22,25)(H2,21,23,27)/t13-,14-,15-/m1/s1. The normalized spacial score (nSPS) is 24.3. The number of thioether (sulfide) groups is 1. The van der Waals surface area contributed by atoms with E-state index in [1.807, 2.05) is 24.3 Å². The number of amides is 2. The molecule has 8 heteroatoms. The molecule has 0 saturated heterocycles. The largest absolute Gasteiger partial charge is 0.358 e. The third kappa shape index (κ3) is 5.17. The van der Waals surface area contributed by atoms with Crippen molar-refractivity contribution in [3.05, 3.63) is 24.3 Å². The maximum atomic E-state index is 12.2. The Hall–Kier alpha value is -1.80. The van der Waals surface area contributed by atoms with Crippen molar-refractivity contribution in [2.45, 2.75) is 50.5 Å². The van der Waals surface area contributed by atoms with Crippen LogP contribution in [0.25, 0.3) is 0 Å². The predicted octanol–water partition coefficient (Wildman–Crippen LogP) is 2.84. The van der Waals surface area contributed by atoms with Gasteiger partial charge in [0.25, 0.3) is 0 Å². The van der Waals surface area contributed by atoms with E-state index in [-0.39, 0.29) is 18.2 Å². The van der Waals surface area contributed by atoms with Crippen molar-refractivity contribution in [1.82, 2.24) is 16.2 Å². The molecular weight excluding hydrogens is 392 g/mol. The third-order valence-corrected chi connectivity index (χ3v) is 6.98. The zero-order valence-corrected chi connectivity index (χ0v) is 18.0. The van der Waals surface area contributed by atoms with Gasteiger partial charge in [0.05, 0.1) is 11.4 Å². The van der Waals surface area contributed by atoms with Crippen LogP contribution in [0.1, 0.15) is 39.5 Å². The topological polar surface area (TPSA) is 73.5 Å². The fourth-order valence-corrected chi connectivity index (χ4v) is 4.93. The van der Waals surface area contributed by atoms with Gasteiger partial charge in [0.15, 0.2) is 5.11 Å². The van der Waals surface area contributed by atoms with Crippen LogP contribution in [0.2, 0.25) is 0 Å². The maximum Gasteiger partial charge on any atom is 0.240 e. The molecule has 6 nitrogen and oxygen atoms in total. The number of nitrogens with one attached hydrogen (secondary N) is 3. The summed E-state index contributed by atoms with van der Waals surface area (Å²) in [4.78, 5) is 27.2. The van der Waals surface area contributed by atoms with Gasteiger partial charge in [-0.3, -0.25) is 20.4 Å². The average molecular weight is 421 g/mol. The maximum absolute atomic E-state index is 12.2. The molecule has 28 heavy (non-hydrogen) atoms. The highest BCUT2D eigenvalue weighted by atomic mass is 32.2. The zero-order valence-electron chi connectivity index (χ0n) is 16.4. The highest BCUT2D eigenvalue weighted by Crippen LogP contribution is 2.34. The second kappa shape index (κ2) is 9.60. The lowest BCUT2D eigenvalue weighted by molar-refractivity contribution is -0.121. The van der Waals surface area contributed by atoms with Gasteiger partial charge >= 0.3 is 0 Å². The summed E-state index contributed by atoms with van der Waals surface area (Å²) in [6, 6.07) is 8.11. The molecule has 3 N–H and O–H groups in total. The van der Waals surface area contributed by atoms with Crippen LogP contribution < -0.4 is 21.1 Å². The molecule has 0 spiro atoms. The molecule has 0 radical (unpaired) electrons. The first kappa shape index (κ1) is 20.9. The zero-order chi connectivity index (χ0) is 20.1. The summed E-state index contributed by atoms with van der Waals surface area (Å²) in [6.07, 6.45) is 3.75. The first-order chi connectivity index (χ1) is 13.5. The number of benzene rings is 1. The number of hydrogen-bond acceptors (Lipinski definition) is 4. The van der Waals surface area contributed by atoms with Crippen LogP contribution in [-0.2, 0) is 9.59 Å². The van der Waals surface area contributed by atoms with E-state index in [4.69, 9.17) is 12.2 Å². The van der Waals surface area contributed by atoms with Crippen LogP contribution >= 0.6 is 24.0 Å². The van der Waals surface area contributed by atoms with Gasteiger partial charge in [-0.15, -0.1) is 11.8 Å². The van der Waals surface area contributed by atoms with Crippen molar-refractivity contribution in [2.75, 3.05) is 17.2 Å². The third-order valence-electron chi connectivity index (χ3n) is 5.71. The highest BCUT2D eigenvalue weighted by molar-refractivity contribution is 8.00. The lowest BCUT2D eigenvalue weighted by Gasteiger charge is -2.35. The molecular formula is C20H28N4O2S2. The number of hydrogen-bond donors (Lipinski definition) is 3. The summed E-state index contributed by atoms with van der Waals surface area (Å²) in [7, 11) is 0. The minimum atomic E-state index is -0.197. The summed E-state index contributed by atoms with van der Waals surface area (Å²) < 4.78 is 0. The Balaban J connectivity index is 1.43. The quantitative estimate of drug-likeness (QED) is 0.514. The molecule has 1 aliphatic carbocycles. The molecule has 1 aromatic rings. The first-order valence-corrected chi connectivity index (χ1v) is 11.2. The number of anilines is 1. The molecule has 0 aromatic heterocycles. The van der Waals surface area contributed by atoms with Crippen molar-refractivity contribution in [3.63, 3.8) is 0 Å². The van der Waals surface area contributed by atoms with E-state index in [2.05, 4.69) is 30.0 Å². The van der Waals surface area contributed by atoms with Crippen molar-refractivity contribution < 1.29 is 9.59 Å². The smallest absolute Gasteiger partial charge is 0.240 e. The SMILES string of the molecule is C[C@@H]1[C@H](C)CCC[C@H]1NC(=S)NNC(=O)CCN1C(=O)CSc2ccccc21. The Bertz CT molecular complexity index is 743. The minimum absolute atomic E-state index is 0.0297. The fourth-order valence-electron chi connectivity index (χ4n) is 3.79. The predicted molar refractivity (Wildman–Crippen MR) is 117 cm³/mol. The second-order valence-electron chi connectivity index (χ2n) is 7.57. The lowest BCUT2D eigenvalue weighted by Crippen LogP contribution is -2.52. The van der Waals surface area contributed by atoms with E-state index in [1.54, 1.807) is 4.90 Å². The van der Waals surface area contributed by atoms with Gasteiger partial charge in [-0.05, 0) is 42.6 Å². The molecule has 1 aromatic carbocycles. The molecule has 0 bridgehead atoms. The summed E-state index contributed by atoms with van der Waals surface area (Å²) in [5, 5.41) is 3.76. The Morgan fingerprint density at radius 1 is 1.25 bits per heavy atom. The van der Waals surface area contributed by atoms with E-state index in [1.165, 1.54) is 24.6 Å². The molecule has 2 amide bonds. The number of nitrogens with zero attached hydrogens (tertiary/aromatic N) is 1. The van der Waals surface area contributed by atoms with Crippen LogP contribution in [0.4, 0.5) is 5.69 Å². The molecule has 1 heterocycles. The minimum Gasteiger partial charge on any atom is -0.358 e. The van der Waals surface area contributed by atoms with Gasteiger partial charge in [0.1, 0.15) is 0 Å². The average Bonchev–Trinajstić information content (AvgIpc) is 2.69. The number of carbonyl (C=O) groups excluding carboxylic acids is 2. The number of carbonyl (C=O) groups is 2. The van der Waals surface area contributed by atoms with E-state index in [0.717, 1.165) is 17.0 Å². The Morgan fingerprint density at radius 2 is 2.04 bits per heavy atom. The molecule has 1 aliphatic heterocycles. The second-order valence-corrected chi connectivity index (χ2v) is 9.00. The summed E-state index contributed by atoms with van der Waals surface area (Å²) in [5.41, 5.74) is 6.31. The van der Waals surface area contributed by atoms with Gasteiger partial charge in [-0.1, -0.05) is 38.8 Å². The molecule has 1 fully saturated rings. The molecule has 2 aliphatic rings. The van der Waals surface area contributed by atoms with Crippen molar-refractivity contribution in [3.8, 4) is 0 Å².